The number of aryl methyl sites for hydroxylation is 1. The number of benzene rings is 2. The van der Waals surface area contributed by atoms with Crippen LogP contribution in [0.25, 0.3) is 0 Å². The highest BCUT2D eigenvalue weighted by atomic mass is 32.1. The number of nitrogens with one attached hydrogen (secondary N) is 1. The Morgan fingerprint density at radius 3 is 2.72 bits per heavy atom. The Morgan fingerprint density at radius 1 is 1.10 bits per heavy atom. The SMILES string of the molecule is Cc1ccccc1OCc1csc(C(=O)Nc2cnn(Cc3ccccc3)c2)c1. The lowest BCUT2D eigenvalue weighted by molar-refractivity contribution is 0.103. The predicted octanol–water partition coefficient (Wildman–Crippen LogP) is 5.13. The molecule has 2 heterocycles. The lowest BCUT2D eigenvalue weighted by Crippen LogP contribution is -2.09. The van der Waals surface area contributed by atoms with Gasteiger partial charge in [-0.15, -0.1) is 11.3 Å². The van der Waals surface area contributed by atoms with Crippen LogP contribution < -0.4 is 10.1 Å². The maximum Gasteiger partial charge on any atom is 0.265 e. The second kappa shape index (κ2) is 8.75. The molecule has 4 aromatic rings. The summed E-state index contributed by atoms with van der Waals surface area (Å²) in [5, 5.41) is 9.18. The van der Waals surface area contributed by atoms with Crippen molar-refractivity contribution in [1.29, 1.82) is 0 Å². The highest BCUT2D eigenvalue weighted by Gasteiger charge is 2.11. The molecule has 0 aliphatic carbocycles. The molecule has 6 heteroatoms. The van der Waals surface area contributed by atoms with Crippen LogP contribution in [0.2, 0.25) is 0 Å². The third-order valence-electron chi connectivity index (χ3n) is 4.44. The van der Waals surface area contributed by atoms with Gasteiger partial charge in [-0.25, -0.2) is 0 Å². The van der Waals surface area contributed by atoms with Crippen LogP contribution in [0, 0.1) is 6.92 Å². The molecular formula is C23H21N3O2S. The van der Waals surface area contributed by atoms with E-state index >= 15 is 0 Å². The van der Waals surface area contributed by atoms with Crippen molar-refractivity contribution in [3.8, 4) is 5.75 Å². The van der Waals surface area contributed by atoms with Crippen LogP contribution in [0.3, 0.4) is 0 Å². The molecule has 2 aromatic heterocycles. The Bertz CT molecular complexity index is 1100. The number of aromatic nitrogens is 2. The summed E-state index contributed by atoms with van der Waals surface area (Å²) >= 11 is 1.41. The Labute approximate surface area is 173 Å². The molecule has 146 valence electrons. The van der Waals surface area contributed by atoms with Crippen molar-refractivity contribution < 1.29 is 9.53 Å². The van der Waals surface area contributed by atoms with Gasteiger partial charge in [-0.3, -0.25) is 9.48 Å². The summed E-state index contributed by atoms with van der Waals surface area (Å²) < 4.78 is 7.66. The van der Waals surface area contributed by atoms with Crippen LogP contribution in [0.5, 0.6) is 5.75 Å². The number of ether oxygens (including phenoxy) is 1. The Hall–Kier alpha value is -3.38. The molecule has 0 saturated heterocycles. The number of anilines is 1. The van der Waals surface area contributed by atoms with Crippen molar-refractivity contribution in [2.75, 3.05) is 5.32 Å². The number of hydrogen-bond donors (Lipinski definition) is 1. The van der Waals surface area contributed by atoms with Crippen molar-refractivity contribution in [3.63, 3.8) is 0 Å². The quantitative estimate of drug-likeness (QED) is 0.465. The molecule has 0 atom stereocenters. The van der Waals surface area contributed by atoms with E-state index in [1.165, 1.54) is 11.3 Å². The Kier molecular flexibility index (Phi) is 5.72. The zero-order valence-corrected chi connectivity index (χ0v) is 16.9. The Balaban J connectivity index is 1.34. The average Bonchev–Trinajstić information content (AvgIpc) is 3.38. The van der Waals surface area contributed by atoms with Crippen LogP contribution in [-0.2, 0) is 13.2 Å². The van der Waals surface area contributed by atoms with E-state index in [0.29, 0.717) is 23.7 Å². The maximum absolute atomic E-state index is 12.5. The molecule has 29 heavy (non-hydrogen) atoms. The minimum atomic E-state index is -0.142. The molecule has 0 unspecified atom stereocenters. The maximum atomic E-state index is 12.5. The first-order valence-electron chi connectivity index (χ1n) is 9.31. The molecule has 2 aromatic carbocycles. The fraction of sp³-hybridized carbons (Fsp3) is 0.130. The van der Waals surface area contributed by atoms with Crippen LogP contribution in [0.4, 0.5) is 5.69 Å². The first kappa shape index (κ1) is 19.0. The van der Waals surface area contributed by atoms with Crippen molar-refractivity contribution in [2.24, 2.45) is 0 Å². The van der Waals surface area contributed by atoms with Crippen molar-refractivity contribution in [3.05, 3.63) is 100 Å². The molecule has 4 rings (SSSR count). The summed E-state index contributed by atoms with van der Waals surface area (Å²) in [4.78, 5) is 13.2. The average molecular weight is 404 g/mol. The van der Waals surface area contributed by atoms with Crippen LogP contribution in [0.15, 0.2) is 78.4 Å². The number of para-hydroxylation sites is 1. The smallest absolute Gasteiger partial charge is 0.265 e. The largest absolute Gasteiger partial charge is 0.489 e. The molecule has 1 N–H and O–H groups in total. The number of rotatable bonds is 7. The van der Waals surface area contributed by atoms with Gasteiger partial charge in [0.1, 0.15) is 12.4 Å². The van der Waals surface area contributed by atoms with E-state index in [-0.39, 0.29) is 5.91 Å². The van der Waals surface area contributed by atoms with E-state index in [0.717, 1.165) is 22.4 Å². The summed E-state index contributed by atoms with van der Waals surface area (Å²) in [6.45, 7) is 3.11. The van der Waals surface area contributed by atoms with Gasteiger partial charge < -0.3 is 10.1 Å². The van der Waals surface area contributed by atoms with E-state index < -0.39 is 0 Å². The van der Waals surface area contributed by atoms with Gasteiger partial charge in [0.25, 0.3) is 5.91 Å². The summed E-state index contributed by atoms with van der Waals surface area (Å²) in [5.41, 5.74) is 3.90. The van der Waals surface area contributed by atoms with E-state index in [1.54, 1.807) is 10.9 Å². The standard InChI is InChI=1S/C23H21N3O2S/c1-17-7-5-6-10-21(17)28-15-19-11-22(29-16-19)23(27)25-20-12-24-26(14-20)13-18-8-3-2-4-9-18/h2-12,14,16H,13,15H2,1H3,(H,25,27). The zero-order chi connectivity index (χ0) is 20.1. The lowest BCUT2D eigenvalue weighted by Gasteiger charge is -2.07. The molecule has 0 saturated carbocycles. The highest BCUT2D eigenvalue weighted by Crippen LogP contribution is 2.21. The molecule has 0 spiro atoms. The summed E-state index contributed by atoms with van der Waals surface area (Å²) in [5.74, 6) is 0.715. The number of hydrogen-bond acceptors (Lipinski definition) is 4. The van der Waals surface area contributed by atoms with Gasteiger partial charge in [-0.2, -0.15) is 5.10 Å². The van der Waals surface area contributed by atoms with E-state index in [1.807, 2.05) is 79.2 Å². The van der Waals surface area contributed by atoms with Crippen LogP contribution in [-0.4, -0.2) is 15.7 Å². The summed E-state index contributed by atoms with van der Waals surface area (Å²) in [6, 6.07) is 19.8. The number of amides is 1. The second-order valence-electron chi connectivity index (χ2n) is 6.74. The number of carbonyl (C=O) groups excluding carboxylic acids is 1. The minimum Gasteiger partial charge on any atom is -0.489 e. The molecule has 0 aliphatic heterocycles. The lowest BCUT2D eigenvalue weighted by atomic mass is 10.2. The van der Waals surface area contributed by atoms with E-state index in [9.17, 15) is 4.79 Å². The number of nitrogens with zero attached hydrogens (tertiary/aromatic N) is 2. The van der Waals surface area contributed by atoms with Gasteiger partial charge in [0, 0.05) is 11.8 Å². The molecule has 5 nitrogen and oxygen atoms in total. The summed E-state index contributed by atoms with van der Waals surface area (Å²) in [6.07, 6.45) is 3.50. The van der Waals surface area contributed by atoms with Crippen LogP contribution in [0.1, 0.15) is 26.4 Å². The van der Waals surface area contributed by atoms with Gasteiger partial charge >= 0.3 is 0 Å². The van der Waals surface area contributed by atoms with Crippen LogP contribution >= 0.6 is 11.3 Å². The zero-order valence-electron chi connectivity index (χ0n) is 16.0. The molecule has 0 radical (unpaired) electrons. The highest BCUT2D eigenvalue weighted by molar-refractivity contribution is 7.12. The third-order valence-corrected chi connectivity index (χ3v) is 5.42. The fourth-order valence-electron chi connectivity index (χ4n) is 2.93. The molecule has 0 aliphatic rings. The minimum absolute atomic E-state index is 0.142. The van der Waals surface area contributed by atoms with Crippen molar-refractivity contribution >= 4 is 22.9 Å². The Morgan fingerprint density at radius 2 is 1.90 bits per heavy atom. The third kappa shape index (κ3) is 4.92. The number of thiophene rings is 1. The van der Waals surface area contributed by atoms with E-state index in [2.05, 4.69) is 10.4 Å². The molecule has 0 bridgehead atoms. The van der Waals surface area contributed by atoms with Gasteiger partial charge in [0.15, 0.2) is 0 Å². The second-order valence-corrected chi connectivity index (χ2v) is 7.65. The fourth-order valence-corrected chi connectivity index (χ4v) is 3.72. The topological polar surface area (TPSA) is 56.1 Å². The molecule has 1 amide bonds. The number of carbonyl (C=O) groups is 1. The molecule has 0 fully saturated rings. The first-order chi connectivity index (χ1) is 14.2. The van der Waals surface area contributed by atoms with Crippen molar-refractivity contribution in [1.82, 2.24) is 9.78 Å². The molecular weight excluding hydrogens is 382 g/mol. The monoisotopic (exact) mass is 403 g/mol. The predicted molar refractivity (Wildman–Crippen MR) is 116 cm³/mol. The first-order valence-corrected chi connectivity index (χ1v) is 10.2. The van der Waals surface area contributed by atoms with Gasteiger partial charge in [0.05, 0.1) is 23.3 Å². The van der Waals surface area contributed by atoms with Gasteiger partial charge in [-0.1, -0.05) is 48.5 Å². The van der Waals surface area contributed by atoms with Crippen molar-refractivity contribution in [2.45, 2.75) is 20.1 Å². The normalized spacial score (nSPS) is 10.7. The van der Waals surface area contributed by atoms with E-state index in [4.69, 9.17) is 4.74 Å². The van der Waals surface area contributed by atoms with Gasteiger partial charge in [-0.05, 0) is 35.6 Å². The summed E-state index contributed by atoms with van der Waals surface area (Å²) in [7, 11) is 0. The van der Waals surface area contributed by atoms with Gasteiger partial charge in [0.2, 0.25) is 0 Å².